The normalized spacial score (nSPS) is 16.3. The van der Waals surface area contributed by atoms with Crippen LogP contribution in [0.5, 0.6) is 11.5 Å². The average Bonchev–Trinajstić information content (AvgIpc) is 3.60. The SMILES string of the molecule is C[C@@H]1C[C@H](N)CN1c1nc2cc(-c3cccc(COc4cc(OCc5cncc(C#N)c5)c(C=O)cc4Cl)c3)ccc2o1. The summed E-state index contributed by atoms with van der Waals surface area (Å²) in [6.07, 6.45) is 4.66. The van der Waals surface area contributed by atoms with E-state index in [-0.39, 0.29) is 30.9 Å². The minimum Gasteiger partial charge on any atom is -0.488 e. The number of halogens is 1. The minimum absolute atomic E-state index is 0.119. The lowest BCUT2D eigenvalue weighted by Crippen LogP contribution is -2.29. The van der Waals surface area contributed by atoms with Gasteiger partial charge < -0.3 is 24.5 Å². The molecule has 1 fully saturated rings. The van der Waals surface area contributed by atoms with Gasteiger partial charge in [0.15, 0.2) is 11.9 Å². The van der Waals surface area contributed by atoms with Crippen molar-refractivity contribution in [2.75, 3.05) is 11.4 Å². The molecule has 0 bridgehead atoms. The second-order valence-corrected chi connectivity index (χ2v) is 11.0. The Labute approximate surface area is 253 Å². The van der Waals surface area contributed by atoms with E-state index < -0.39 is 0 Å². The number of rotatable bonds is 9. The summed E-state index contributed by atoms with van der Waals surface area (Å²) in [5, 5.41) is 9.40. The molecule has 216 valence electrons. The van der Waals surface area contributed by atoms with E-state index in [0.717, 1.165) is 40.8 Å². The second kappa shape index (κ2) is 12.1. The Hall–Kier alpha value is -4.91. The van der Waals surface area contributed by atoms with Gasteiger partial charge in [-0.1, -0.05) is 35.9 Å². The van der Waals surface area contributed by atoms with Gasteiger partial charge in [-0.2, -0.15) is 10.2 Å². The lowest BCUT2D eigenvalue weighted by Gasteiger charge is -2.18. The molecule has 1 aliphatic heterocycles. The van der Waals surface area contributed by atoms with Crippen molar-refractivity contribution in [2.45, 2.75) is 38.6 Å². The smallest absolute Gasteiger partial charge is 0.298 e. The van der Waals surface area contributed by atoms with Crippen LogP contribution in [0.3, 0.4) is 0 Å². The van der Waals surface area contributed by atoms with Gasteiger partial charge in [0, 0.05) is 42.7 Å². The maximum Gasteiger partial charge on any atom is 0.298 e. The van der Waals surface area contributed by atoms with Crippen molar-refractivity contribution in [3.05, 3.63) is 100 Å². The maximum atomic E-state index is 11.7. The maximum absolute atomic E-state index is 11.7. The zero-order valence-electron chi connectivity index (χ0n) is 23.4. The van der Waals surface area contributed by atoms with Crippen LogP contribution in [0.15, 0.2) is 77.5 Å². The quantitative estimate of drug-likeness (QED) is 0.195. The van der Waals surface area contributed by atoms with Crippen LogP contribution >= 0.6 is 11.6 Å². The Kier molecular flexibility index (Phi) is 7.97. The van der Waals surface area contributed by atoms with Crippen molar-refractivity contribution in [1.82, 2.24) is 9.97 Å². The molecule has 0 aliphatic carbocycles. The van der Waals surface area contributed by atoms with Crippen LogP contribution in [0.2, 0.25) is 5.02 Å². The summed E-state index contributed by atoms with van der Waals surface area (Å²) >= 11 is 6.44. The van der Waals surface area contributed by atoms with Gasteiger partial charge in [0.25, 0.3) is 6.01 Å². The predicted molar refractivity (Wildman–Crippen MR) is 163 cm³/mol. The molecule has 3 aromatic carbocycles. The topological polar surface area (TPSA) is 127 Å². The Morgan fingerprint density at radius 1 is 1.07 bits per heavy atom. The number of nitrogens with two attached hydrogens (primary N) is 1. The third-order valence-corrected chi connectivity index (χ3v) is 7.69. The first-order chi connectivity index (χ1) is 20.9. The molecule has 0 spiro atoms. The van der Waals surface area contributed by atoms with Gasteiger partial charge in [-0.05, 0) is 60.4 Å². The Bertz CT molecular complexity index is 1850. The number of hydrogen-bond acceptors (Lipinski definition) is 9. The number of fused-ring (bicyclic) bond motifs is 1. The minimum atomic E-state index is 0.119. The molecule has 6 rings (SSSR count). The number of ether oxygens (including phenoxy) is 2. The lowest BCUT2D eigenvalue weighted by molar-refractivity contribution is 0.111. The summed E-state index contributed by atoms with van der Waals surface area (Å²) in [6, 6.07) is 21.8. The van der Waals surface area contributed by atoms with Crippen LogP contribution in [0.1, 0.15) is 40.4 Å². The second-order valence-electron chi connectivity index (χ2n) is 10.6. The molecule has 10 heteroatoms. The number of nitrogens with zero attached hydrogens (tertiary/aromatic N) is 4. The number of carbonyl (C=O) groups excluding carboxylic acids is 1. The van der Waals surface area contributed by atoms with Gasteiger partial charge in [0.1, 0.15) is 36.3 Å². The van der Waals surface area contributed by atoms with Crippen LogP contribution < -0.4 is 20.1 Å². The first kappa shape index (κ1) is 28.2. The molecule has 2 N–H and O–H groups in total. The highest BCUT2D eigenvalue weighted by molar-refractivity contribution is 6.32. The average molecular weight is 594 g/mol. The number of oxazole rings is 1. The zero-order valence-corrected chi connectivity index (χ0v) is 24.1. The van der Waals surface area contributed by atoms with Crippen molar-refractivity contribution in [1.29, 1.82) is 5.26 Å². The summed E-state index contributed by atoms with van der Waals surface area (Å²) in [6.45, 7) is 3.22. The van der Waals surface area contributed by atoms with Crippen LogP contribution in [-0.4, -0.2) is 34.9 Å². The van der Waals surface area contributed by atoms with E-state index in [1.807, 2.05) is 48.5 Å². The molecule has 2 aromatic heterocycles. The standard InChI is InChI=1S/C33H28ClN5O4/c1-20-7-27(36)16-39(20)33-38-29-11-25(5-6-30(29)43-33)24-4-2-3-21(9-24)18-42-32-12-31(26(17-40)10-28(32)34)41-19-23-8-22(13-35)14-37-15-23/h2-6,8-12,14-15,17,20,27H,7,16,18-19,36H2,1H3/t20-,27+/m1/s1. The van der Waals surface area contributed by atoms with E-state index in [1.165, 1.54) is 12.3 Å². The molecule has 9 nitrogen and oxygen atoms in total. The Balaban J connectivity index is 1.17. The van der Waals surface area contributed by atoms with E-state index in [9.17, 15) is 4.79 Å². The van der Waals surface area contributed by atoms with Crippen molar-refractivity contribution in [2.24, 2.45) is 5.73 Å². The molecule has 0 unspecified atom stereocenters. The third kappa shape index (κ3) is 6.16. The van der Waals surface area contributed by atoms with Crippen molar-refractivity contribution >= 4 is 35.0 Å². The molecule has 0 saturated carbocycles. The van der Waals surface area contributed by atoms with Gasteiger partial charge >= 0.3 is 0 Å². The number of pyridine rings is 1. The summed E-state index contributed by atoms with van der Waals surface area (Å²) < 4.78 is 18.0. The first-order valence-electron chi connectivity index (χ1n) is 13.8. The van der Waals surface area contributed by atoms with E-state index in [0.29, 0.717) is 39.9 Å². The molecule has 5 aromatic rings. The zero-order chi connectivity index (χ0) is 29.9. The summed E-state index contributed by atoms with van der Waals surface area (Å²) in [5.41, 5.74) is 12.0. The predicted octanol–water partition coefficient (Wildman–Crippen LogP) is 6.31. The number of carbonyl (C=O) groups is 1. The van der Waals surface area contributed by atoms with Crippen LogP contribution in [0.25, 0.3) is 22.2 Å². The summed E-state index contributed by atoms with van der Waals surface area (Å²) in [7, 11) is 0. The highest BCUT2D eigenvalue weighted by atomic mass is 35.5. The number of aldehydes is 1. The van der Waals surface area contributed by atoms with Crippen LogP contribution in [-0.2, 0) is 13.2 Å². The Morgan fingerprint density at radius 2 is 1.88 bits per heavy atom. The molecular weight excluding hydrogens is 566 g/mol. The lowest BCUT2D eigenvalue weighted by atomic mass is 10.0. The van der Waals surface area contributed by atoms with Crippen LogP contribution in [0.4, 0.5) is 6.01 Å². The van der Waals surface area contributed by atoms with Crippen molar-refractivity contribution in [3.63, 3.8) is 0 Å². The molecule has 43 heavy (non-hydrogen) atoms. The first-order valence-corrected chi connectivity index (χ1v) is 14.2. The molecule has 3 heterocycles. The largest absolute Gasteiger partial charge is 0.488 e. The monoisotopic (exact) mass is 593 g/mol. The highest BCUT2D eigenvalue weighted by Crippen LogP contribution is 2.34. The van der Waals surface area contributed by atoms with Crippen molar-refractivity contribution < 1.29 is 18.7 Å². The molecule has 1 aliphatic rings. The fourth-order valence-corrected chi connectivity index (χ4v) is 5.45. The van der Waals surface area contributed by atoms with E-state index in [2.05, 4.69) is 16.8 Å². The summed E-state index contributed by atoms with van der Waals surface area (Å²) in [5.74, 6) is 0.695. The molecular formula is C33H28ClN5O4. The Morgan fingerprint density at radius 3 is 2.67 bits per heavy atom. The number of nitriles is 1. The molecule has 2 atom stereocenters. The fourth-order valence-electron chi connectivity index (χ4n) is 5.23. The number of aromatic nitrogens is 2. The van der Waals surface area contributed by atoms with E-state index >= 15 is 0 Å². The number of benzene rings is 3. The van der Waals surface area contributed by atoms with Gasteiger partial charge in [0.2, 0.25) is 0 Å². The van der Waals surface area contributed by atoms with Crippen LogP contribution in [0, 0.1) is 11.3 Å². The van der Waals surface area contributed by atoms with Gasteiger partial charge in [-0.15, -0.1) is 0 Å². The van der Waals surface area contributed by atoms with Crippen molar-refractivity contribution in [3.8, 4) is 28.7 Å². The molecule has 0 amide bonds. The van der Waals surface area contributed by atoms with E-state index in [4.69, 9.17) is 41.5 Å². The number of hydrogen-bond donors (Lipinski definition) is 1. The summed E-state index contributed by atoms with van der Waals surface area (Å²) in [4.78, 5) is 22.6. The molecule has 0 radical (unpaired) electrons. The van der Waals surface area contributed by atoms with Gasteiger partial charge in [0.05, 0.1) is 16.1 Å². The molecule has 1 saturated heterocycles. The van der Waals surface area contributed by atoms with Gasteiger partial charge in [-0.25, -0.2) is 0 Å². The van der Waals surface area contributed by atoms with Gasteiger partial charge in [-0.3, -0.25) is 9.78 Å². The number of anilines is 1. The fraction of sp³-hybridized carbons (Fsp3) is 0.212. The third-order valence-electron chi connectivity index (χ3n) is 7.39. The van der Waals surface area contributed by atoms with E-state index in [1.54, 1.807) is 18.3 Å². The highest BCUT2D eigenvalue weighted by Gasteiger charge is 2.30.